The van der Waals surface area contributed by atoms with Crippen LogP contribution in [0, 0.1) is 13.8 Å². The van der Waals surface area contributed by atoms with Gasteiger partial charge in [0.15, 0.2) is 11.1 Å². The topological polar surface area (TPSA) is 157 Å². The van der Waals surface area contributed by atoms with E-state index < -0.39 is 33.9 Å². The summed E-state index contributed by atoms with van der Waals surface area (Å²) in [6.45, 7) is 10.1. The molecule has 0 bridgehead atoms. The molecule has 11 nitrogen and oxygen atoms in total. The third-order valence-corrected chi connectivity index (χ3v) is 7.02. The Hall–Kier alpha value is -4.71. The molecule has 0 saturated heterocycles. The van der Waals surface area contributed by atoms with Crippen LogP contribution in [0.4, 0.5) is 10.5 Å². The minimum absolute atomic E-state index is 0.156. The Morgan fingerprint density at radius 1 is 1.00 bits per heavy atom. The number of aromatic nitrogens is 1. The first-order chi connectivity index (χ1) is 19.6. The van der Waals surface area contributed by atoms with E-state index in [0.29, 0.717) is 27.9 Å². The quantitative estimate of drug-likeness (QED) is 0.264. The fourth-order valence-corrected chi connectivity index (χ4v) is 5.03. The van der Waals surface area contributed by atoms with Gasteiger partial charge in [0.05, 0.1) is 17.1 Å². The SMILES string of the molecule is Cc1cc(C(C)Nc2cccnc2C(=O)NS(=O)(=O)NC(=O)OC(C)(C)C)c2oc(-c3ccccc3)c(C)c(=O)c2c1. The van der Waals surface area contributed by atoms with E-state index in [-0.39, 0.29) is 16.8 Å². The number of amides is 2. The van der Waals surface area contributed by atoms with Gasteiger partial charge in [-0.3, -0.25) is 9.59 Å². The smallest absolute Gasteiger partial charge is 0.422 e. The number of ether oxygens (including phenoxy) is 1. The molecule has 2 aromatic heterocycles. The van der Waals surface area contributed by atoms with Crippen LogP contribution >= 0.6 is 0 Å². The van der Waals surface area contributed by atoms with Gasteiger partial charge in [0.2, 0.25) is 0 Å². The fourth-order valence-electron chi connectivity index (χ4n) is 4.37. The highest BCUT2D eigenvalue weighted by Gasteiger charge is 2.26. The molecule has 3 N–H and O–H groups in total. The highest BCUT2D eigenvalue weighted by atomic mass is 32.2. The number of fused-ring (bicyclic) bond motifs is 1. The Bertz CT molecular complexity index is 1830. The fraction of sp³-hybridized carbons (Fsp3) is 0.267. The summed E-state index contributed by atoms with van der Waals surface area (Å²) in [5.74, 6) is -0.626. The van der Waals surface area contributed by atoms with Gasteiger partial charge in [-0.25, -0.2) is 19.2 Å². The second-order valence-corrected chi connectivity index (χ2v) is 12.2. The molecule has 0 aliphatic rings. The minimum Gasteiger partial charge on any atom is -0.455 e. The zero-order valence-corrected chi connectivity index (χ0v) is 24.9. The van der Waals surface area contributed by atoms with Gasteiger partial charge in [-0.1, -0.05) is 36.4 Å². The number of anilines is 1. The van der Waals surface area contributed by atoms with Gasteiger partial charge in [-0.2, -0.15) is 8.42 Å². The summed E-state index contributed by atoms with van der Waals surface area (Å²) in [5.41, 5.74) is 1.97. The van der Waals surface area contributed by atoms with Crippen LogP contribution in [-0.4, -0.2) is 31.0 Å². The molecule has 2 heterocycles. The summed E-state index contributed by atoms with van der Waals surface area (Å²) < 4.78 is 39.6. The number of benzene rings is 2. The first-order valence-electron chi connectivity index (χ1n) is 13.1. The van der Waals surface area contributed by atoms with E-state index in [0.717, 1.165) is 11.1 Å². The summed E-state index contributed by atoms with van der Waals surface area (Å²) in [6, 6.07) is 15.6. The van der Waals surface area contributed by atoms with Gasteiger partial charge in [-0.15, -0.1) is 0 Å². The summed E-state index contributed by atoms with van der Waals surface area (Å²) in [4.78, 5) is 42.4. The van der Waals surface area contributed by atoms with E-state index in [1.54, 1.807) is 55.3 Å². The van der Waals surface area contributed by atoms with Gasteiger partial charge in [0.1, 0.15) is 16.9 Å². The van der Waals surface area contributed by atoms with Crippen molar-refractivity contribution in [2.24, 2.45) is 0 Å². The second kappa shape index (κ2) is 11.6. The molecule has 0 spiro atoms. The van der Waals surface area contributed by atoms with Crippen LogP contribution in [0.25, 0.3) is 22.3 Å². The van der Waals surface area contributed by atoms with E-state index in [1.165, 1.54) is 6.20 Å². The first-order valence-corrected chi connectivity index (χ1v) is 14.6. The van der Waals surface area contributed by atoms with Crippen LogP contribution in [0.1, 0.15) is 60.9 Å². The molecule has 4 aromatic rings. The standard InChI is InChI=1S/C30H32N4O7S/c1-17-15-21(27-22(16-17)25(35)18(2)26(40-27)20-11-8-7-9-12-20)19(3)32-23-13-10-14-31-24(23)28(36)33-42(38,39)34-29(37)41-30(4,5)6/h7-16,19,32H,1-6H3,(H,33,36)(H,34,37). The molecular weight excluding hydrogens is 560 g/mol. The number of rotatable bonds is 7. The van der Waals surface area contributed by atoms with Crippen LogP contribution in [-0.2, 0) is 14.9 Å². The number of nitrogens with one attached hydrogen (secondary N) is 3. The zero-order chi connectivity index (χ0) is 30.8. The Morgan fingerprint density at radius 3 is 2.36 bits per heavy atom. The number of carbonyl (C=O) groups is 2. The lowest BCUT2D eigenvalue weighted by Crippen LogP contribution is -2.45. The Labute approximate surface area is 243 Å². The van der Waals surface area contributed by atoms with E-state index >= 15 is 0 Å². The van der Waals surface area contributed by atoms with Gasteiger partial charge < -0.3 is 14.5 Å². The average molecular weight is 593 g/mol. The van der Waals surface area contributed by atoms with Crippen molar-refractivity contribution in [1.82, 2.24) is 14.4 Å². The molecule has 220 valence electrons. The third-order valence-electron chi connectivity index (χ3n) is 6.13. The first kappa shape index (κ1) is 30.3. The molecular formula is C30H32N4O7S. The number of aryl methyl sites for hydroxylation is 1. The van der Waals surface area contributed by atoms with Gasteiger partial charge in [0.25, 0.3) is 5.91 Å². The molecule has 0 aliphatic carbocycles. The molecule has 0 radical (unpaired) electrons. The molecule has 0 saturated carbocycles. The van der Waals surface area contributed by atoms with Crippen LogP contribution in [0.5, 0.6) is 0 Å². The molecule has 12 heteroatoms. The Morgan fingerprint density at radius 2 is 1.69 bits per heavy atom. The van der Waals surface area contributed by atoms with Crippen LogP contribution in [0.15, 0.2) is 70.0 Å². The number of hydrogen-bond donors (Lipinski definition) is 3. The largest absolute Gasteiger partial charge is 0.455 e. The predicted octanol–water partition coefficient (Wildman–Crippen LogP) is 5.14. The van der Waals surface area contributed by atoms with Crippen LogP contribution in [0.3, 0.4) is 0 Å². The zero-order valence-electron chi connectivity index (χ0n) is 24.1. The monoisotopic (exact) mass is 592 g/mol. The summed E-state index contributed by atoms with van der Waals surface area (Å²) in [5, 5.41) is 3.60. The summed E-state index contributed by atoms with van der Waals surface area (Å²) >= 11 is 0. The van der Waals surface area contributed by atoms with Crippen molar-refractivity contribution in [2.45, 2.75) is 53.2 Å². The molecule has 2 amide bonds. The molecule has 0 aliphatic heterocycles. The van der Waals surface area contributed by atoms with Gasteiger partial charge in [-0.05, 0) is 65.3 Å². The Kier molecular flexibility index (Phi) is 8.39. The van der Waals surface area contributed by atoms with Crippen molar-refractivity contribution in [3.63, 3.8) is 0 Å². The maximum atomic E-state index is 13.4. The van der Waals surface area contributed by atoms with Crippen molar-refractivity contribution in [2.75, 3.05) is 5.32 Å². The van der Waals surface area contributed by atoms with Crippen molar-refractivity contribution >= 4 is 38.9 Å². The molecule has 1 atom stereocenters. The highest BCUT2D eigenvalue weighted by molar-refractivity contribution is 7.88. The third kappa shape index (κ3) is 6.95. The van der Waals surface area contributed by atoms with Crippen LogP contribution < -0.4 is 20.2 Å². The minimum atomic E-state index is -4.61. The summed E-state index contributed by atoms with van der Waals surface area (Å²) in [6.07, 6.45) is 0.0861. The van der Waals surface area contributed by atoms with Crippen molar-refractivity contribution in [3.8, 4) is 11.3 Å². The maximum Gasteiger partial charge on any atom is 0.422 e. The van der Waals surface area contributed by atoms with E-state index in [1.807, 2.05) is 50.2 Å². The molecule has 0 fully saturated rings. The lowest BCUT2D eigenvalue weighted by molar-refractivity contribution is 0.0570. The van der Waals surface area contributed by atoms with Crippen molar-refractivity contribution < 1.29 is 27.2 Å². The predicted molar refractivity (Wildman–Crippen MR) is 159 cm³/mol. The summed E-state index contributed by atoms with van der Waals surface area (Å²) in [7, 11) is -4.61. The van der Waals surface area contributed by atoms with Gasteiger partial charge in [0, 0.05) is 22.9 Å². The number of nitrogens with zero attached hydrogens (tertiary/aromatic N) is 1. The highest BCUT2D eigenvalue weighted by Crippen LogP contribution is 2.32. The van der Waals surface area contributed by atoms with Crippen molar-refractivity contribution in [3.05, 3.63) is 93.4 Å². The van der Waals surface area contributed by atoms with E-state index in [9.17, 15) is 22.8 Å². The lowest BCUT2D eigenvalue weighted by Gasteiger charge is -2.20. The normalized spacial score (nSPS) is 12.4. The maximum absolute atomic E-state index is 13.4. The van der Waals surface area contributed by atoms with E-state index in [2.05, 4.69) is 10.3 Å². The van der Waals surface area contributed by atoms with Crippen LogP contribution in [0.2, 0.25) is 0 Å². The van der Waals surface area contributed by atoms with Gasteiger partial charge >= 0.3 is 16.3 Å². The molecule has 42 heavy (non-hydrogen) atoms. The van der Waals surface area contributed by atoms with Crippen molar-refractivity contribution in [1.29, 1.82) is 0 Å². The molecule has 1 unspecified atom stereocenters. The molecule has 2 aromatic carbocycles. The second-order valence-electron chi connectivity index (χ2n) is 10.8. The lowest BCUT2D eigenvalue weighted by atomic mass is 9.98. The average Bonchev–Trinajstić information content (AvgIpc) is 2.89. The molecule has 4 rings (SSSR count). The number of carbonyl (C=O) groups excluding carboxylic acids is 2. The van der Waals surface area contributed by atoms with E-state index in [4.69, 9.17) is 9.15 Å². The number of pyridine rings is 1. The Balaban J connectivity index is 1.67. The number of hydrogen-bond acceptors (Lipinski definition) is 9.